The van der Waals surface area contributed by atoms with E-state index in [1.54, 1.807) is 18.3 Å². The third-order valence-corrected chi connectivity index (χ3v) is 6.76. The topological polar surface area (TPSA) is 95.4 Å². The first-order chi connectivity index (χ1) is 16.4. The molecule has 0 aliphatic carbocycles. The molecule has 0 saturated heterocycles. The lowest BCUT2D eigenvalue weighted by Gasteiger charge is -2.13. The summed E-state index contributed by atoms with van der Waals surface area (Å²) in [5.41, 5.74) is 9.92. The third-order valence-electron chi connectivity index (χ3n) is 5.50. The lowest BCUT2D eigenvalue weighted by molar-refractivity contribution is -0.149. The highest BCUT2D eigenvalue weighted by Gasteiger charge is 2.18. The molecule has 0 fully saturated rings. The molecule has 2 aromatic carbocycles. The highest BCUT2D eigenvalue weighted by atomic mass is 32.1. The number of thiophene rings is 1. The largest absolute Gasteiger partial charge is 0.488 e. The summed E-state index contributed by atoms with van der Waals surface area (Å²) in [7, 11) is 1.91. The molecule has 0 saturated carbocycles. The van der Waals surface area contributed by atoms with Gasteiger partial charge in [-0.25, -0.2) is 10.3 Å². The van der Waals surface area contributed by atoms with Crippen molar-refractivity contribution >= 4 is 23.1 Å². The van der Waals surface area contributed by atoms with Gasteiger partial charge >= 0.3 is 5.97 Å². The quantitative estimate of drug-likeness (QED) is 0.404. The normalized spacial score (nSPS) is 14.0. The van der Waals surface area contributed by atoms with Crippen LogP contribution in [-0.2, 0) is 22.6 Å². The van der Waals surface area contributed by atoms with E-state index in [-0.39, 0.29) is 0 Å². The van der Waals surface area contributed by atoms with Gasteiger partial charge < -0.3 is 14.6 Å². The van der Waals surface area contributed by atoms with Crippen LogP contribution in [0.4, 0.5) is 0 Å². The standard InChI is InChI=1S/C25H28N4O4S/c1-4-32-21(25(30)31)14-17-5-11-20(12-6-17)33-15-23-16(2)13-22(34-23)18-7-9-19(10-8-18)24-26-27-28-29(24)3/h5-13,21,27-28H,4,14-15H2,1-3H3,(H,30,31)/t21-/m0/s1. The Labute approximate surface area is 202 Å². The fourth-order valence-corrected chi connectivity index (χ4v) is 4.72. The molecule has 3 N–H and O–H groups in total. The Morgan fingerprint density at radius 2 is 1.85 bits per heavy atom. The summed E-state index contributed by atoms with van der Waals surface area (Å²) in [5, 5.41) is 15.3. The van der Waals surface area contributed by atoms with Crippen LogP contribution in [0.2, 0.25) is 0 Å². The van der Waals surface area contributed by atoms with E-state index in [9.17, 15) is 9.90 Å². The zero-order valence-electron chi connectivity index (χ0n) is 19.4. The second-order valence-electron chi connectivity index (χ2n) is 7.93. The summed E-state index contributed by atoms with van der Waals surface area (Å²) in [5.74, 6) is 0.634. The molecule has 1 aliphatic rings. The van der Waals surface area contributed by atoms with Crippen molar-refractivity contribution in [2.45, 2.75) is 33.0 Å². The number of aryl methyl sites for hydroxylation is 1. The van der Waals surface area contributed by atoms with Crippen LogP contribution >= 0.6 is 11.3 Å². The van der Waals surface area contributed by atoms with E-state index in [1.807, 2.05) is 36.3 Å². The molecule has 0 spiro atoms. The highest BCUT2D eigenvalue weighted by molar-refractivity contribution is 7.15. The van der Waals surface area contributed by atoms with Crippen LogP contribution in [0.5, 0.6) is 5.75 Å². The van der Waals surface area contributed by atoms with Crippen molar-refractivity contribution < 1.29 is 19.4 Å². The third kappa shape index (κ3) is 5.56. The van der Waals surface area contributed by atoms with E-state index in [2.05, 4.69) is 53.4 Å². The smallest absolute Gasteiger partial charge is 0.333 e. The predicted molar refractivity (Wildman–Crippen MR) is 133 cm³/mol. The van der Waals surface area contributed by atoms with E-state index in [1.165, 1.54) is 15.3 Å². The molecule has 1 aromatic heterocycles. The summed E-state index contributed by atoms with van der Waals surface area (Å²) in [6, 6.07) is 18.0. The molecule has 0 bridgehead atoms. The van der Waals surface area contributed by atoms with Gasteiger partial charge in [-0.1, -0.05) is 36.4 Å². The number of rotatable bonds is 10. The fraction of sp³-hybridized carbons (Fsp3) is 0.280. The van der Waals surface area contributed by atoms with Crippen LogP contribution in [0.3, 0.4) is 0 Å². The lowest BCUT2D eigenvalue weighted by atomic mass is 10.1. The van der Waals surface area contributed by atoms with Gasteiger partial charge in [0.15, 0.2) is 11.9 Å². The number of aliphatic carboxylic acids is 1. The number of hydrazone groups is 1. The first-order valence-corrected chi connectivity index (χ1v) is 11.8. The Morgan fingerprint density at radius 1 is 1.15 bits per heavy atom. The minimum Gasteiger partial charge on any atom is -0.488 e. The van der Waals surface area contributed by atoms with Gasteiger partial charge in [0, 0.05) is 35.4 Å². The molecule has 1 atom stereocenters. The van der Waals surface area contributed by atoms with Crippen molar-refractivity contribution in [2.75, 3.05) is 13.7 Å². The van der Waals surface area contributed by atoms with Gasteiger partial charge in [-0.3, -0.25) is 5.01 Å². The number of amidine groups is 1. The second kappa shape index (κ2) is 10.7. The second-order valence-corrected chi connectivity index (χ2v) is 9.07. The molecule has 4 rings (SSSR count). The van der Waals surface area contributed by atoms with Crippen LogP contribution in [0.15, 0.2) is 59.7 Å². The first-order valence-electron chi connectivity index (χ1n) is 11.0. The number of ether oxygens (including phenoxy) is 2. The van der Waals surface area contributed by atoms with E-state index < -0.39 is 12.1 Å². The number of hydrogen-bond donors (Lipinski definition) is 3. The average Bonchev–Trinajstić information content (AvgIpc) is 3.43. The first kappa shape index (κ1) is 23.7. The fourth-order valence-electron chi connectivity index (χ4n) is 3.63. The summed E-state index contributed by atoms with van der Waals surface area (Å²) in [4.78, 5) is 13.6. The van der Waals surface area contributed by atoms with E-state index in [0.29, 0.717) is 19.6 Å². The summed E-state index contributed by atoms with van der Waals surface area (Å²) in [6.07, 6.45) is -0.509. The number of hydrazine groups is 2. The molecule has 178 valence electrons. The van der Waals surface area contributed by atoms with Crippen molar-refractivity contribution in [1.82, 2.24) is 16.1 Å². The predicted octanol–water partition coefficient (Wildman–Crippen LogP) is 3.95. The molecule has 1 aliphatic heterocycles. The van der Waals surface area contributed by atoms with Crippen LogP contribution in [0.25, 0.3) is 10.4 Å². The number of benzene rings is 2. The molecular weight excluding hydrogens is 452 g/mol. The Balaban J connectivity index is 1.37. The van der Waals surface area contributed by atoms with Crippen LogP contribution in [0, 0.1) is 6.92 Å². The van der Waals surface area contributed by atoms with Crippen molar-refractivity contribution in [3.63, 3.8) is 0 Å². The molecule has 34 heavy (non-hydrogen) atoms. The maximum Gasteiger partial charge on any atom is 0.333 e. The Bertz CT molecular complexity index is 1160. The molecule has 2 heterocycles. The van der Waals surface area contributed by atoms with Crippen molar-refractivity contribution in [1.29, 1.82) is 0 Å². The number of nitrogens with zero attached hydrogens (tertiary/aromatic N) is 2. The maximum atomic E-state index is 11.3. The van der Waals surface area contributed by atoms with Crippen molar-refractivity contribution in [2.24, 2.45) is 5.10 Å². The Kier molecular flexibility index (Phi) is 7.46. The lowest BCUT2D eigenvalue weighted by Crippen LogP contribution is -2.37. The van der Waals surface area contributed by atoms with Crippen LogP contribution in [-0.4, -0.2) is 41.7 Å². The highest BCUT2D eigenvalue weighted by Crippen LogP contribution is 2.32. The zero-order chi connectivity index (χ0) is 24.1. The molecule has 3 aromatic rings. The molecule has 0 unspecified atom stereocenters. The van der Waals surface area contributed by atoms with Crippen molar-refractivity contribution in [3.8, 4) is 16.2 Å². The molecule has 8 nitrogen and oxygen atoms in total. The van der Waals surface area contributed by atoms with Crippen molar-refractivity contribution in [3.05, 3.63) is 76.2 Å². The summed E-state index contributed by atoms with van der Waals surface area (Å²) >= 11 is 1.72. The number of hydrogen-bond acceptors (Lipinski definition) is 8. The van der Waals surface area contributed by atoms with Gasteiger partial charge in [-0.2, -0.15) is 0 Å². The number of carbonyl (C=O) groups is 1. The van der Waals surface area contributed by atoms with Gasteiger partial charge in [0.25, 0.3) is 0 Å². The van der Waals surface area contributed by atoms with Crippen LogP contribution in [0.1, 0.15) is 28.5 Å². The van der Waals surface area contributed by atoms with Crippen LogP contribution < -0.4 is 15.8 Å². The molecule has 0 radical (unpaired) electrons. The Hall–Kier alpha value is -3.40. The maximum absolute atomic E-state index is 11.3. The van der Waals surface area contributed by atoms with E-state index in [0.717, 1.165) is 28.3 Å². The van der Waals surface area contributed by atoms with E-state index >= 15 is 0 Å². The zero-order valence-corrected chi connectivity index (χ0v) is 20.2. The van der Waals surface area contributed by atoms with Gasteiger partial charge in [-0.15, -0.1) is 22.0 Å². The monoisotopic (exact) mass is 480 g/mol. The molecule has 0 amide bonds. The number of carboxylic acids is 1. The SMILES string of the molecule is CCO[C@@H](Cc1ccc(OCc2sc(-c3ccc(C4=NNNN4C)cc3)cc2C)cc1)C(=O)O. The minimum atomic E-state index is -0.950. The average molecular weight is 481 g/mol. The van der Waals surface area contributed by atoms with Gasteiger partial charge in [0.1, 0.15) is 12.4 Å². The van der Waals surface area contributed by atoms with Gasteiger partial charge in [0.05, 0.1) is 0 Å². The van der Waals surface area contributed by atoms with Gasteiger partial charge in [0.2, 0.25) is 0 Å². The summed E-state index contributed by atoms with van der Waals surface area (Å²) in [6.45, 7) is 4.73. The molecular formula is C25H28N4O4S. The minimum absolute atomic E-state index is 0.326. The number of nitrogens with one attached hydrogen (secondary N) is 2. The van der Waals surface area contributed by atoms with Gasteiger partial charge in [-0.05, 0) is 48.7 Å². The number of carboxylic acid groups (broad SMARTS) is 1. The Morgan fingerprint density at radius 3 is 2.47 bits per heavy atom. The summed E-state index contributed by atoms with van der Waals surface area (Å²) < 4.78 is 11.3. The van der Waals surface area contributed by atoms with E-state index in [4.69, 9.17) is 9.47 Å². The molecule has 9 heteroatoms.